The van der Waals surface area contributed by atoms with Crippen LogP contribution in [0.5, 0.6) is 5.75 Å². The van der Waals surface area contributed by atoms with Crippen LogP contribution >= 0.6 is 0 Å². The summed E-state index contributed by atoms with van der Waals surface area (Å²) < 4.78 is 5.85. The lowest BCUT2D eigenvalue weighted by Gasteiger charge is -2.25. The highest BCUT2D eigenvalue weighted by Crippen LogP contribution is 2.32. The summed E-state index contributed by atoms with van der Waals surface area (Å²) in [5, 5.41) is 0. The standard InChI is InChI=1S/C16H18N2O/c17-16-15(9-4-10-18-16)19-11-13-7-3-6-12-5-1-2-8-14(12)13/h1-2,4-5,8-10,13H,3,6-7,11H2,(H2,17,18). The predicted octanol–water partition coefficient (Wildman–Crippen LogP) is 3.16. The number of anilines is 1. The van der Waals surface area contributed by atoms with Crippen molar-refractivity contribution < 1.29 is 4.74 Å². The van der Waals surface area contributed by atoms with Crippen LogP contribution in [-0.2, 0) is 6.42 Å². The first-order chi connectivity index (χ1) is 9.34. The summed E-state index contributed by atoms with van der Waals surface area (Å²) in [5.41, 5.74) is 8.68. The average Bonchev–Trinajstić information content (AvgIpc) is 2.46. The number of pyridine rings is 1. The van der Waals surface area contributed by atoms with Gasteiger partial charge in [-0.2, -0.15) is 0 Å². The number of rotatable bonds is 3. The van der Waals surface area contributed by atoms with Gasteiger partial charge in [0.1, 0.15) is 0 Å². The molecule has 1 aromatic carbocycles. The Morgan fingerprint density at radius 1 is 1.21 bits per heavy atom. The second-order valence-electron chi connectivity index (χ2n) is 4.99. The highest BCUT2D eigenvalue weighted by atomic mass is 16.5. The van der Waals surface area contributed by atoms with Crippen molar-refractivity contribution in [3.63, 3.8) is 0 Å². The minimum Gasteiger partial charge on any atom is -0.489 e. The van der Waals surface area contributed by atoms with Crippen LogP contribution in [0.1, 0.15) is 29.9 Å². The van der Waals surface area contributed by atoms with E-state index in [4.69, 9.17) is 10.5 Å². The Bertz CT molecular complexity index is 568. The van der Waals surface area contributed by atoms with E-state index in [9.17, 15) is 0 Å². The zero-order chi connectivity index (χ0) is 13.1. The van der Waals surface area contributed by atoms with E-state index in [-0.39, 0.29) is 0 Å². The molecular formula is C16H18N2O. The smallest absolute Gasteiger partial charge is 0.166 e. The molecule has 0 fully saturated rings. The number of benzene rings is 1. The van der Waals surface area contributed by atoms with Gasteiger partial charge in [0, 0.05) is 12.1 Å². The first-order valence-corrected chi connectivity index (χ1v) is 6.75. The summed E-state index contributed by atoms with van der Waals surface area (Å²) in [6, 6.07) is 12.4. The zero-order valence-corrected chi connectivity index (χ0v) is 10.9. The number of fused-ring (bicyclic) bond motifs is 1. The number of hydrogen-bond acceptors (Lipinski definition) is 3. The van der Waals surface area contributed by atoms with Crippen LogP contribution in [0.4, 0.5) is 5.82 Å². The molecule has 0 aliphatic heterocycles. The van der Waals surface area contributed by atoms with Gasteiger partial charge in [-0.05, 0) is 42.5 Å². The molecule has 1 atom stereocenters. The van der Waals surface area contributed by atoms with E-state index in [1.165, 1.54) is 30.4 Å². The molecule has 3 rings (SSSR count). The second kappa shape index (κ2) is 5.31. The van der Waals surface area contributed by atoms with Gasteiger partial charge in [-0.25, -0.2) is 4.98 Å². The fraction of sp³-hybridized carbons (Fsp3) is 0.312. The van der Waals surface area contributed by atoms with Crippen molar-refractivity contribution in [2.45, 2.75) is 25.2 Å². The summed E-state index contributed by atoms with van der Waals surface area (Å²) in [6.45, 7) is 0.674. The van der Waals surface area contributed by atoms with Crippen molar-refractivity contribution in [1.82, 2.24) is 4.98 Å². The molecule has 1 aromatic heterocycles. The molecule has 1 aliphatic carbocycles. The monoisotopic (exact) mass is 254 g/mol. The molecule has 2 N–H and O–H groups in total. The summed E-state index contributed by atoms with van der Waals surface area (Å²) in [5.74, 6) is 1.61. The third kappa shape index (κ3) is 2.55. The molecule has 0 saturated carbocycles. The summed E-state index contributed by atoms with van der Waals surface area (Å²) >= 11 is 0. The van der Waals surface area contributed by atoms with Gasteiger partial charge in [0.15, 0.2) is 11.6 Å². The predicted molar refractivity (Wildman–Crippen MR) is 76.3 cm³/mol. The van der Waals surface area contributed by atoms with Gasteiger partial charge in [-0.1, -0.05) is 24.3 Å². The third-order valence-electron chi connectivity index (χ3n) is 3.73. The van der Waals surface area contributed by atoms with Crippen LogP contribution in [-0.4, -0.2) is 11.6 Å². The molecule has 1 heterocycles. The lowest BCUT2D eigenvalue weighted by Crippen LogP contribution is -2.17. The maximum Gasteiger partial charge on any atom is 0.166 e. The quantitative estimate of drug-likeness (QED) is 0.915. The molecule has 19 heavy (non-hydrogen) atoms. The second-order valence-corrected chi connectivity index (χ2v) is 4.99. The first kappa shape index (κ1) is 12.0. The van der Waals surface area contributed by atoms with Crippen LogP contribution < -0.4 is 10.5 Å². The number of aryl methyl sites for hydroxylation is 1. The Morgan fingerprint density at radius 3 is 3.00 bits per heavy atom. The van der Waals surface area contributed by atoms with Crippen LogP contribution in [0.3, 0.4) is 0 Å². The SMILES string of the molecule is Nc1ncccc1OCC1CCCc2ccccc21. The fourth-order valence-electron chi connectivity index (χ4n) is 2.74. The highest BCUT2D eigenvalue weighted by Gasteiger charge is 2.20. The van der Waals surface area contributed by atoms with Crippen molar-refractivity contribution in [1.29, 1.82) is 0 Å². The van der Waals surface area contributed by atoms with Crippen molar-refractivity contribution in [2.75, 3.05) is 12.3 Å². The van der Waals surface area contributed by atoms with E-state index in [2.05, 4.69) is 29.2 Å². The maximum atomic E-state index is 5.85. The molecule has 1 unspecified atom stereocenters. The number of aromatic nitrogens is 1. The maximum absolute atomic E-state index is 5.85. The Balaban J connectivity index is 1.73. The van der Waals surface area contributed by atoms with Crippen molar-refractivity contribution >= 4 is 5.82 Å². The first-order valence-electron chi connectivity index (χ1n) is 6.75. The van der Waals surface area contributed by atoms with E-state index in [1.54, 1.807) is 6.20 Å². The molecule has 3 nitrogen and oxygen atoms in total. The number of nitrogen functional groups attached to an aromatic ring is 1. The van der Waals surface area contributed by atoms with Crippen molar-refractivity contribution in [2.24, 2.45) is 0 Å². The molecule has 0 spiro atoms. The molecule has 0 amide bonds. The summed E-state index contributed by atoms with van der Waals surface area (Å²) in [7, 11) is 0. The Labute approximate surface area is 113 Å². The molecule has 2 aromatic rings. The van der Waals surface area contributed by atoms with Crippen LogP contribution in [0, 0.1) is 0 Å². The number of ether oxygens (including phenoxy) is 1. The van der Waals surface area contributed by atoms with Gasteiger partial charge in [0.25, 0.3) is 0 Å². The summed E-state index contributed by atoms with van der Waals surface area (Å²) in [6.07, 6.45) is 5.27. The Morgan fingerprint density at radius 2 is 2.11 bits per heavy atom. The van der Waals surface area contributed by atoms with Gasteiger partial charge in [-0.15, -0.1) is 0 Å². The van der Waals surface area contributed by atoms with Crippen LogP contribution in [0.25, 0.3) is 0 Å². The highest BCUT2D eigenvalue weighted by molar-refractivity contribution is 5.44. The van der Waals surface area contributed by atoms with Crippen molar-refractivity contribution in [3.8, 4) is 5.75 Å². The topological polar surface area (TPSA) is 48.1 Å². The van der Waals surface area contributed by atoms with E-state index in [0.717, 1.165) is 0 Å². The lowest BCUT2D eigenvalue weighted by atomic mass is 9.83. The largest absolute Gasteiger partial charge is 0.489 e. The van der Waals surface area contributed by atoms with Gasteiger partial charge in [0.2, 0.25) is 0 Å². The molecule has 1 aliphatic rings. The van der Waals surface area contributed by atoms with E-state index in [0.29, 0.717) is 24.1 Å². The van der Waals surface area contributed by atoms with E-state index < -0.39 is 0 Å². The number of hydrogen-bond donors (Lipinski definition) is 1. The summed E-state index contributed by atoms with van der Waals surface area (Å²) in [4.78, 5) is 4.04. The zero-order valence-electron chi connectivity index (χ0n) is 10.9. The van der Waals surface area contributed by atoms with Crippen LogP contribution in [0.15, 0.2) is 42.6 Å². The van der Waals surface area contributed by atoms with Gasteiger partial charge < -0.3 is 10.5 Å². The average molecular weight is 254 g/mol. The minimum absolute atomic E-state index is 0.463. The molecule has 0 saturated heterocycles. The Hall–Kier alpha value is -2.03. The van der Waals surface area contributed by atoms with Crippen LogP contribution in [0.2, 0.25) is 0 Å². The molecule has 3 heteroatoms. The molecule has 0 bridgehead atoms. The molecular weight excluding hydrogens is 236 g/mol. The van der Waals surface area contributed by atoms with Gasteiger partial charge >= 0.3 is 0 Å². The molecule has 98 valence electrons. The number of nitrogens with two attached hydrogens (primary N) is 1. The lowest BCUT2D eigenvalue weighted by molar-refractivity contribution is 0.275. The molecule has 0 radical (unpaired) electrons. The van der Waals surface area contributed by atoms with Crippen molar-refractivity contribution in [3.05, 3.63) is 53.7 Å². The fourth-order valence-corrected chi connectivity index (χ4v) is 2.74. The minimum atomic E-state index is 0.463. The number of nitrogens with zero attached hydrogens (tertiary/aromatic N) is 1. The van der Waals surface area contributed by atoms with Gasteiger partial charge in [-0.3, -0.25) is 0 Å². The Kier molecular flexibility index (Phi) is 3.36. The third-order valence-corrected chi connectivity index (χ3v) is 3.73. The van der Waals surface area contributed by atoms with E-state index in [1.807, 2.05) is 12.1 Å². The van der Waals surface area contributed by atoms with E-state index >= 15 is 0 Å². The van der Waals surface area contributed by atoms with Gasteiger partial charge in [0.05, 0.1) is 6.61 Å². The normalized spacial score (nSPS) is 17.8.